The number of thioether (sulfide) groups is 1. The summed E-state index contributed by atoms with van der Waals surface area (Å²) in [6.07, 6.45) is 0.0112. The highest BCUT2D eigenvalue weighted by Crippen LogP contribution is 2.22. The lowest BCUT2D eigenvalue weighted by Crippen LogP contribution is -2.27. The zero-order valence-corrected chi connectivity index (χ0v) is 11.7. The maximum atomic E-state index is 11.8. The molecule has 0 saturated carbocycles. The molecule has 1 fully saturated rings. The minimum atomic E-state index is -1.03. The lowest BCUT2D eigenvalue weighted by molar-refractivity contribution is -0.122. The molecule has 104 valence electrons. The molecule has 3 N–H and O–H groups in total. The van der Waals surface area contributed by atoms with Gasteiger partial charge in [0.15, 0.2) is 0 Å². The molecule has 0 aliphatic carbocycles. The number of rotatable bonds is 4. The molecule has 8 heteroatoms. The molecule has 20 heavy (non-hydrogen) atoms. The van der Waals surface area contributed by atoms with Gasteiger partial charge in [-0.05, 0) is 24.3 Å². The number of amides is 2. The molecule has 1 aliphatic heterocycles. The fourth-order valence-corrected chi connectivity index (χ4v) is 2.87. The maximum absolute atomic E-state index is 11.8. The summed E-state index contributed by atoms with van der Waals surface area (Å²) in [5, 5.41) is 13.3. The van der Waals surface area contributed by atoms with Crippen LogP contribution in [0.1, 0.15) is 16.8 Å². The molecule has 1 aliphatic rings. The van der Waals surface area contributed by atoms with Crippen molar-refractivity contribution in [3.8, 4) is 0 Å². The average Bonchev–Trinajstić information content (AvgIpc) is 2.68. The molecule has 1 aromatic rings. The van der Waals surface area contributed by atoms with E-state index in [0.29, 0.717) is 10.0 Å². The number of benzene rings is 1. The molecule has 2 rings (SSSR count). The van der Waals surface area contributed by atoms with Gasteiger partial charge >= 0.3 is 5.97 Å². The number of nitrogens with one attached hydrogen (secondary N) is 2. The molecule has 1 aromatic carbocycles. The van der Waals surface area contributed by atoms with Crippen molar-refractivity contribution >= 4 is 51.8 Å². The van der Waals surface area contributed by atoms with Crippen molar-refractivity contribution in [1.29, 1.82) is 0 Å². The Balaban J connectivity index is 1.93. The van der Waals surface area contributed by atoms with E-state index in [0.717, 1.165) is 11.8 Å². The number of aromatic carboxylic acids is 1. The summed E-state index contributed by atoms with van der Waals surface area (Å²) in [4.78, 5) is 33.9. The number of thiocarbonyl (C=S) groups is 1. The second-order valence-electron chi connectivity index (χ2n) is 4.02. The van der Waals surface area contributed by atoms with Gasteiger partial charge in [-0.2, -0.15) is 0 Å². The topological polar surface area (TPSA) is 95.5 Å². The van der Waals surface area contributed by atoms with Crippen LogP contribution in [0, 0.1) is 0 Å². The lowest BCUT2D eigenvalue weighted by Gasteiger charge is -2.07. The number of carboxylic acids is 1. The van der Waals surface area contributed by atoms with Gasteiger partial charge in [0.1, 0.15) is 4.32 Å². The predicted molar refractivity (Wildman–Crippen MR) is 78.8 cm³/mol. The van der Waals surface area contributed by atoms with Crippen LogP contribution in [0.15, 0.2) is 24.3 Å². The number of hydrogen-bond donors (Lipinski definition) is 3. The lowest BCUT2D eigenvalue weighted by atomic mass is 10.2. The summed E-state index contributed by atoms with van der Waals surface area (Å²) in [6.45, 7) is 0. The van der Waals surface area contributed by atoms with E-state index in [1.54, 1.807) is 0 Å². The molecule has 0 spiro atoms. The normalized spacial score (nSPS) is 17.7. The first-order chi connectivity index (χ1) is 9.45. The second kappa shape index (κ2) is 6.02. The van der Waals surface area contributed by atoms with Crippen LogP contribution < -0.4 is 10.6 Å². The molecule has 0 bridgehead atoms. The first-order valence-electron chi connectivity index (χ1n) is 5.60. The third-order valence-corrected chi connectivity index (χ3v) is 3.93. The van der Waals surface area contributed by atoms with Gasteiger partial charge in [-0.25, -0.2) is 4.79 Å². The summed E-state index contributed by atoms with van der Waals surface area (Å²) < 4.78 is 0.374. The zero-order valence-electron chi connectivity index (χ0n) is 10.1. The third kappa shape index (κ3) is 3.55. The van der Waals surface area contributed by atoms with Crippen molar-refractivity contribution in [1.82, 2.24) is 5.32 Å². The second-order valence-corrected chi connectivity index (χ2v) is 5.90. The minimum Gasteiger partial charge on any atom is -0.478 e. The van der Waals surface area contributed by atoms with E-state index in [1.807, 2.05) is 0 Å². The molecule has 1 saturated heterocycles. The molecule has 0 unspecified atom stereocenters. The predicted octanol–water partition coefficient (Wildman–Crippen LogP) is 1.23. The Morgan fingerprint density at radius 2 is 2.00 bits per heavy atom. The van der Waals surface area contributed by atoms with Gasteiger partial charge < -0.3 is 15.7 Å². The third-order valence-electron chi connectivity index (χ3n) is 2.55. The van der Waals surface area contributed by atoms with E-state index < -0.39 is 11.2 Å². The standard InChI is InChI=1S/C12H10N2O4S2/c15-9(5-8-10(16)14-12(19)20-8)13-7-3-1-6(2-4-7)11(17)18/h1-4,8H,5H2,(H,13,15)(H,17,18)(H,14,16,19)/t8-/m0/s1. The number of carbonyl (C=O) groups is 3. The van der Waals surface area contributed by atoms with Crippen LogP contribution in [0.2, 0.25) is 0 Å². The minimum absolute atomic E-state index is 0.0112. The fraction of sp³-hybridized carbons (Fsp3) is 0.167. The van der Waals surface area contributed by atoms with Crippen LogP contribution in [0.4, 0.5) is 5.69 Å². The average molecular weight is 310 g/mol. The monoisotopic (exact) mass is 310 g/mol. The van der Waals surface area contributed by atoms with Crippen molar-refractivity contribution in [3.63, 3.8) is 0 Å². The van der Waals surface area contributed by atoms with E-state index in [-0.39, 0.29) is 23.8 Å². The Kier molecular flexibility index (Phi) is 4.35. The summed E-state index contributed by atoms with van der Waals surface area (Å²) in [5.41, 5.74) is 0.616. The van der Waals surface area contributed by atoms with Gasteiger partial charge in [-0.3, -0.25) is 9.59 Å². The van der Waals surface area contributed by atoms with Crippen LogP contribution in [-0.4, -0.2) is 32.5 Å². The van der Waals surface area contributed by atoms with Crippen molar-refractivity contribution in [2.24, 2.45) is 0 Å². The highest BCUT2D eigenvalue weighted by molar-refractivity contribution is 8.24. The van der Waals surface area contributed by atoms with E-state index >= 15 is 0 Å². The Hall–Kier alpha value is -1.93. The van der Waals surface area contributed by atoms with Crippen LogP contribution in [-0.2, 0) is 9.59 Å². The maximum Gasteiger partial charge on any atom is 0.335 e. The van der Waals surface area contributed by atoms with Crippen LogP contribution in [0.3, 0.4) is 0 Å². The highest BCUT2D eigenvalue weighted by Gasteiger charge is 2.30. The first kappa shape index (κ1) is 14.5. The molecule has 0 radical (unpaired) electrons. The SMILES string of the molecule is O=C(C[C@@H]1SC(=S)NC1=O)Nc1ccc(C(=O)O)cc1. The van der Waals surface area contributed by atoms with Gasteiger partial charge in [-0.1, -0.05) is 24.0 Å². The van der Waals surface area contributed by atoms with Gasteiger partial charge in [0.05, 0.1) is 10.8 Å². The zero-order chi connectivity index (χ0) is 14.7. The summed E-state index contributed by atoms with van der Waals surface area (Å²) in [7, 11) is 0. The highest BCUT2D eigenvalue weighted by atomic mass is 32.2. The largest absolute Gasteiger partial charge is 0.478 e. The molecule has 1 atom stereocenters. The van der Waals surface area contributed by atoms with Crippen LogP contribution in [0.5, 0.6) is 0 Å². The number of carboxylic acid groups (broad SMARTS) is 1. The Bertz CT molecular complexity index is 586. The van der Waals surface area contributed by atoms with Crippen molar-refractivity contribution in [2.75, 3.05) is 5.32 Å². The van der Waals surface area contributed by atoms with Crippen LogP contribution in [0.25, 0.3) is 0 Å². The summed E-state index contributed by atoms with van der Waals surface area (Å²) >= 11 is 5.99. The van der Waals surface area contributed by atoms with E-state index in [4.69, 9.17) is 17.3 Å². The van der Waals surface area contributed by atoms with Gasteiger partial charge in [0.25, 0.3) is 0 Å². The van der Waals surface area contributed by atoms with Crippen molar-refractivity contribution in [3.05, 3.63) is 29.8 Å². The number of hydrogen-bond acceptors (Lipinski definition) is 5. The van der Waals surface area contributed by atoms with Gasteiger partial charge in [0, 0.05) is 12.1 Å². The fourth-order valence-electron chi connectivity index (χ4n) is 1.60. The Morgan fingerprint density at radius 3 is 2.50 bits per heavy atom. The number of carbonyl (C=O) groups excluding carboxylic acids is 2. The molecular formula is C12H10N2O4S2. The van der Waals surface area contributed by atoms with E-state index in [9.17, 15) is 14.4 Å². The first-order valence-corrected chi connectivity index (χ1v) is 6.89. The molecule has 0 aromatic heterocycles. The molecule has 1 heterocycles. The summed E-state index contributed by atoms with van der Waals surface area (Å²) in [5.74, 6) is -1.63. The van der Waals surface area contributed by atoms with Crippen molar-refractivity contribution in [2.45, 2.75) is 11.7 Å². The molecular weight excluding hydrogens is 300 g/mol. The number of anilines is 1. The quantitative estimate of drug-likeness (QED) is 0.724. The van der Waals surface area contributed by atoms with Gasteiger partial charge in [0.2, 0.25) is 11.8 Å². The van der Waals surface area contributed by atoms with E-state index in [2.05, 4.69) is 10.6 Å². The van der Waals surface area contributed by atoms with Gasteiger partial charge in [-0.15, -0.1) is 0 Å². The molecule has 2 amide bonds. The van der Waals surface area contributed by atoms with Crippen LogP contribution >= 0.6 is 24.0 Å². The summed E-state index contributed by atoms with van der Waals surface area (Å²) in [6, 6.07) is 5.77. The Labute approximate surface area is 123 Å². The molecule has 6 nitrogen and oxygen atoms in total. The van der Waals surface area contributed by atoms with Crippen molar-refractivity contribution < 1.29 is 19.5 Å². The Morgan fingerprint density at radius 1 is 1.35 bits per heavy atom. The smallest absolute Gasteiger partial charge is 0.335 e. The van der Waals surface area contributed by atoms with E-state index in [1.165, 1.54) is 24.3 Å².